The Kier molecular flexibility index (Phi) is 37.2. The first-order valence-electron chi connectivity index (χ1n) is 26.7. The molecule has 2 aliphatic heterocycles. The molecule has 476 valence electrons. The molecule has 1 unspecified atom stereocenters. The number of aliphatic hydroxyl groups is 4. The molecule has 2 heterocycles. The number of amides is 5. The van der Waals surface area contributed by atoms with Gasteiger partial charge in [-0.25, -0.2) is 19.6 Å². The number of nitrogens with two attached hydrogens (primary N) is 4. The summed E-state index contributed by atoms with van der Waals surface area (Å²) in [5.41, 5.74) is 21.7. The normalized spacial score (nSPS) is 18.7. The van der Waals surface area contributed by atoms with E-state index in [-0.39, 0.29) is 104 Å². The lowest BCUT2D eigenvalue weighted by molar-refractivity contribution is -0.158. The van der Waals surface area contributed by atoms with Crippen molar-refractivity contribution >= 4 is 53.4 Å². The Morgan fingerprint density at radius 2 is 1.19 bits per heavy atom. The van der Waals surface area contributed by atoms with Gasteiger partial charge in [-0.3, -0.25) is 24.0 Å². The van der Waals surface area contributed by atoms with Crippen LogP contribution in [0, 0.1) is 12.3 Å². The molecule has 0 aromatic carbocycles. The standard InChI is InChI=1S/C50H83N11O23/c1-3-13-75-19-21-79-23-24-80-22-20-78-16-8-41(70)61(11-17-76-14-4-9-55-39(68)29-81-44(34(65)27-62)43-32(6-7-36(83-43)47(71)72)59-38(67)26-57-49(51)52)12-18-77-15-5-10-56-40(69)30-82-45(35(66)28-63)46-42(58-31(2)64)33(60-50(53)54)25-37(84-46)48(73)74/h1,7,25,32-35,42-46,62-63,65-66H,4-6,8-24,26-30H2,2H3,(H,55,68)(H,56,69)(H,58,64)(H,59,67)(H,71,72)(H,73,74)(H4,51,52,57)(H4,53,54,60)/t32-,33+,34-,35-,42?,43-,44-,45-,46-/m1/s1. The Morgan fingerprint density at radius 1 is 0.690 bits per heavy atom. The minimum Gasteiger partial charge on any atom is -0.478 e. The number of carbonyl (C=O) groups is 7. The summed E-state index contributed by atoms with van der Waals surface area (Å²) in [5.74, 6) is -5.44. The lowest BCUT2D eigenvalue weighted by Crippen LogP contribution is -2.60. The van der Waals surface area contributed by atoms with E-state index in [0.29, 0.717) is 39.3 Å². The van der Waals surface area contributed by atoms with Crippen LogP contribution in [0.5, 0.6) is 0 Å². The summed E-state index contributed by atoms with van der Waals surface area (Å²) in [6.45, 7) is 0.645. The predicted molar refractivity (Wildman–Crippen MR) is 291 cm³/mol. The van der Waals surface area contributed by atoms with Gasteiger partial charge in [-0.2, -0.15) is 0 Å². The number of ether oxygens (including phenoxy) is 10. The van der Waals surface area contributed by atoms with Crippen molar-refractivity contribution in [2.24, 2.45) is 32.9 Å². The summed E-state index contributed by atoms with van der Waals surface area (Å²) < 4.78 is 55.5. The van der Waals surface area contributed by atoms with Crippen LogP contribution >= 0.6 is 0 Å². The van der Waals surface area contributed by atoms with E-state index in [1.165, 1.54) is 11.0 Å². The Bertz CT molecular complexity index is 2190. The lowest BCUT2D eigenvalue weighted by atomic mass is 9.92. The number of rotatable bonds is 46. The van der Waals surface area contributed by atoms with E-state index >= 15 is 0 Å². The van der Waals surface area contributed by atoms with Crippen LogP contribution < -0.4 is 44.2 Å². The fourth-order valence-corrected chi connectivity index (χ4v) is 7.76. The van der Waals surface area contributed by atoms with Gasteiger partial charge in [0.15, 0.2) is 18.0 Å². The van der Waals surface area contributed by atoms with Crippen LogP contribution in [-0.4, -0.2) is 282 Å². The number of aliphatic imine (C=N–C) groups is 2. The fraction of sp³-hybridized carbons (Fsp3) is 0.700. The highest BCUT2D eigenvalue weighted by molar-refractivity contribution is 5.86. The average molecular weight is 1210 g/mol. The third-order valence-electron chi connectivity index (χ3n) is 11.7. The van der Waals surface area contributed by atoms with E-state index in [2.05, 4.69) is 37.2 Å². The number of carboxylic acid groups (broad SMARTS) is 2. The summed E-state index contributed by atoms with van der Waals surface area (Å²) in [7, 11) is 0. The highest BCUT2D eigenvalue weighted by Gasteiger charge is 2.46. The van der Waals surface area contributed by atoms with Crippen molar-refractivity contribution in [1.29, 1.82) is 0 Å². The van der Waals surface area contributed by atoms with Gasteiger partial charge in [0.25, 0.3) is 0 Å². The Balaban J connectivity index is 1.91. The predicted octanol–water partition coefficient (Wildman–Crippen LogP) is -7.54. The first kappa shape index (κ1) is 73.1. The maximum absolute atomic E-state index is 13.3. The minimum absolute atomic E-state index is 0.0173. The highest BCUT2D eigenvalue weighted by Crippen LogP contribution is 2.27. The van der Waals surface area contributed by atoms with E-state index in [0.717, 1.165) is 13.0 Å². The number of hydrogen-bond donors (Lipinski definition) is 14. The van der Waals surface area contributed by atoms with Crippen LogP contribution in [-0.2, 0) is 80.9 Å². The zero-order valence-corrected chi connectivity index (χ0v) is 46.9. The minimum atomic E-state index is -1.73. The molecule has 34 heteroatoms. The molecule has 2 rings (SSSR count). The molecule has 18 N–H and O–H groups in total. The molecule has 0 aliphatic carbocycles. The molecule has 0 spiro atoms. The van der Waals surface area contributed by atoms with Crippen molar-refractivity contribution in [2.75, 3.05) is 138 Å². The molecule has 0 aromatic heterocycles. The van der Waals surface area contributed by atoms with Crippen molar-refractivity contribution in [2.45, 2.75) is 87.4 Å². The average Bonchev–Trinajstić information content (AvgIpc) is 2.30. The number of hydrogen-bond acceptors (Lipinski definition) is 23. The highest BCUT2D eigenvalue weighted by atomic mass is 16.6. The lowest BCUT2D eigenvalue weighted by Gasteiger charge is -2.40. The van der Waals surface area contributed by atoms with Crippen molar-refractivity contribution < 1.29 is 112 Å². The van der Waals surface area contributed by atoms with Crippen LogP contribution in [0.3, 0.4) is 0 Å². The van der Waals surface area contributed by atoms with Crippen molar-refractivity contribution in [3.8, 4) is 12.3 Å². The number of aliphatic carboxylic acids is 2. The zero-order chi connectivity index (χ0) is 62.2. The third-order valence-corrected chi connectivity index (χ3v) is 11.7. The Morgan fingerprint density at radius 3 is 1.68 bits per heavy atom. The van der Waals surface area contributed by atoms with Gasteiger partial charge in [0.05, 0.1) is 97.2 Å². The second-order valence-electron chi connectivity index (χ2n) is 18.2. The fourth-order valence-electron chi connectivity index (χ4n) is 7.76. The SMILES string of the molecule is C#CCOCCOCCOCCOCCC(=O)N(CCOCCCNC(=O)CO[C@H]([C@H](O)CO)[C@@H]1OC(C(=O)O)=C[C@H](N=C(N)N)C1NC(C)=O)CCOCCCNC(=O)CO[C@@H]([C@@H]1OC(C(=O)O)=CC[C@H]1NC(=O)CN=C(N)N)[C@H](O)CO. The van der Waals surface area contributed by atoms with Crippen LogP contribution in [0.4, 0.5) is 0 Å². The molecule has 0 saturated carbocycles. The number of carboxylic acids is 2. The van der Waals surface area contributed by atoms with Crippen LogP contribution in [0.2, 0.25) is 0 Å². The Hall–Kier alpha value is -7.01. The zero-order valence-electron chi connectivity index (χ0n) is 46.9. The number of terminal acetylenes is 1. The molecule has 0 fully saturated rings. The molecule has 0 radical (unpaired) electrons. The molecule has 9 atom stereocenters. The topological polar surface area (TPSA) is 513 Å². The van der Waals surface area contributed by atoms with Gasteiger partial charge >= 0.3 is 11.9 Å². The van der Waals surface area contributed by atoms with Gasteiger partial charge in [-0.1, -0.05) is 5.92 Å². The van der Waals surface area contributed by atoms with Crippen molar-refractivity contribution in [3.63, 3.8) is 0 Å². The monoisotopic (exact) mass is 1210 g/mol. The summed E-state index contributed by atoms with van der Waals surface area (Å²) in [4.78, 5) is 96.4. The van der Waals surface area contributed by atoms with Crippen LogP contribution in [0.25, 0.3) is 0 Å². The second-order valence-corrected chi connectivity index (χ2v) is 18.2. The summed E-state index contributed by atoms with van der Waals surface area (Å²) in [6, 6.07) is -3.40. The maximum Gasteiger partial charge on any atom is 0.370 e. The number of aliphatic hydroxyl groups excluding tert-OH is 4. The largest absolute Gasteiger partial charge is 0.478 e. The molecule has 0 saturated heterocycles. The molecule has 5 amide bonds. The summed E-state index contributed by atoms with van der Waals surface area (Å²) in [5, 5.41) is 70.5. The van der Waals surface area contributed by atoms with Crippen LogP contribution in [0.1, 0.15) is 32.6 Å². The molecule has 84 heavy (non-hydrogen) atoms. The number of nitrogens with zero attached hydrogens (tertiary/aromatic N) is 3. The van der Waals surface area contributed by atoms with Crippen molar-refractivity contribution in [3.05, 3.63) is 23.7 Å². The van der Waals surface area contributed by atoms with Crippen molar-refractivity contribution in [1.82, 2.24) is 26.2 Å². The Labute approximate surface area is 484 Å². The van der Waals surface area contributed by atoms with Gasteiger partial charge in [0, 0.05) is 46.3 Å². The van der Waals surface area contributed by atoms with Gasteiger partial charge in [-0.15, -0.1) is 6.42 Å². The quantitative estimate of drug-likeness (QED) is 0.0117. The van der Waals surface area contributed by atoms with Crippen LogP contribution in [0.15, 0.2) is 33.7 Å². The van der Waals surface area contributed by atoms with E-state index in [1.54, 1.807) is 0 Å². The van der Waals surface area contributed by atoms with E-state index < -0.39 is 141 Å². The van der Waals surface area contributed by atoms with Gasteiger partial charge in [0.1, 0.15) is 56.9 Å². The van der Waals surface area contributed by atoms with Gasteiger partial charge < -0.3 is 127 Å². The molecule has 0 aromatic rings. The molecule has 0 bridgehead atoms. The maximum atomic E-state index is 13.3. The van der Waals surface area contributed by atoms with Gasteiger partial charge in [0.2, 0.25) is 41.1 Å². The molecular weight excluding hydrogens is 1120 g/mol. The van der Waals surface area contributed by atoms with E-state index in [9.17, 15) is 64.2 Å². The third kappa shape index (κ3) is 30.5. The number of nitrogens with one attached hydrogen (secondary N) is 4. The summed E-state index contributed by atoms with van der Waals surface area (Å²) >= 11 is 0. The summed E-state index contributed by atoms with van der Waals surface area (Å²) in [6.07, 6.45) is -1.44. The van der Waals surface area contributed by atoms with E-state index in [4.69, 9.17) is 76.7 Å². The first-order valence-corrected chi connectivity index (χ1v) is 26.7. The van der Waals surface area contributed by atoms with E-state index in [1.807, 2.05) is 0 Å². The molecular formula is C50H83N11O23. The molecule has 2 aliphatic rings. The second kappa shape index (κ2) is 42.7. The molecule has 34 nitrogen and oxygen atoms in total. The number of carbonyl (C=O) groups excluding carboxylic acids is 5. The first-order chi connectivity index (χ1) is 40.2. The smallest absolute Gasteiger partial charge is 0.370 e. The van der Waals surface area contributed by atoms with Gasteiger partial charge in [-0.05, 0) is 31.4 Å². The number of guanidine groups is 2.